The molecule has 4 nitrogen and oxygen atoms in total. The van der Waals surface area contributed by atoms with Crippen molar-refractivity contribution >= 4 is 11.6 Å². The van der Waals surface area contributed by atoms with E-state index in [1.165, 1.54) is 0 Å². The first-order chi connectivity index (χ1) is 8.27. The number of aromatic nitrogens is 1. The number of ether oxygens (including phenoxy) is 1. The monoisotopic (exact) mass is 253 g/mol. The lowest BCUT2D eigenvalue weighted by molar-refractivity contribution is 0.145. The lowest BCUT2D eigenvalue weighted by atomic mass is 10.2. The highest BCUT2D eigenvalue weighted by Crippen LogP contribution is 2.14. The fourth-order valence-corrected chi connectivity index (χ4v) is 1.66. The first-order valence-electron chi connectivity index (χ1n) is 5.45. The van der Waals surface area contributed by atoms with Gasteiger partial charge in [-0.25, -0.2) is 4.98 Å². The standard InChI is InChI=1S/C12H16ClN3O/c1-17-9-8-16(7-3-5-14)10-11-4-2-6-15-12(11)13/h2,4,6H,3,7-10H2,1H3. The van der Waals surface area contributed by atoms with Gasteiger partial charge in [-0.05, 0) is 6.07 Å². The summed E-state index contributed by atoms with van der Waals surface area (Å²) in [5.41, 5.74) is 0.975. The number of hydrogen-bond acceptors (Lipinski definition) is 4. The molecule has 1 aromatic rings. The Morgan fingerprint density at radius 2 is 2.35 bits per heavy atom. The predicted molar refractivity (Wildman–Crippen MR) is 66.6 cm³/mol. The Kier molecular flexibility index (Phi) is 6.56. The average molecular weight is 254 g/mol. The summed E-state index contributed by atoms with van der Waals surface area (Å²) in [7, 11) is 1.67. The molecule has 0 aromatic carbocycles. The maximum atomic E-state index is 8.61. The minimum absolute atomic E-state index is 0.502. The third-order valence-electron chi connectivity index (χ3n) is 2.38. The molecular weight excluding hydrogens is 238 g/mol. The lowest BCUT2D eigenvalue weighted by Gasteiger charge is -2.20. The highest BCUT2D eigenvalue weighted by atomic mass is 35.5. The van der Waals surface area contributed by atoms with E-state index in [9.17, 15) is 0 Å². The summed E-state index contributed by atoms with van der Waals surface area (Å²) < 4.78 is 5.05. The van der Waals surface area contributed by atoms with E-state index in [0.717, 1.165) is 12.1 Å². The van der Waals surface area contributed by atoms with E-state index in [1.54, 1.807) is 13.3 Å². The number of methoxy groups -OCH3 is 1. The van der Waals surface area contributed by atoms with Crippen molar-refractivity contribution in [2.75, 3.05) is 26.8 Å². The van der Waals surface area contributed by atoms with E-state index >= 15 is 0 Å². The summed E-state index contributed by atoms with van der Waals surface area (Å²) in [6.45, 7) is 2.83. The van der Waals surface area contributed by atoms with Gasteiger partial charge in [0.2, 0.25) is 0 Å². The number of nitrogens with zero attached hydrogens (tertiary/aromatic N) is 3. The zero-order valence-electron chi connectivity index (χ0n) is 9.90. The molecule has 0 unspecified atom stereocenters. The molecule has 0 aliphatic rings. The molecule has 1 heterocycles. The second-order valence-corrected chi connectivity index (χ2v) is 3.99. The number of pyridine rings is 1. The maximum Gasteiger partial charge on any atom is 0.133 e. The van der Waals surface area contributed by atoms with Crippen molar-refractivity contribution in [3.63, 3.8) is 0 Å². The van der Waals surface area contributed by atoms with Crippen LogP contribution in [0.15, 0.2) is 18.3 Å². The van der Waals surface area contributed by atoms with E-state index in [4.69, 9.17) is 21.6 Å². The normalized spacial score (nSPS) is 10.5. The quantitative estimate of drug-likeness (QED) is 0.699. The van der Waals surface area contributed by atoms with Gasteiger partial charge in [-0.2, -0.15) is 5.26 Å². The topological polar surface area (TPSA) is 49.1 Å². The third kappa shape index (κ3) is 5.14. The van der Waals surface area contributed by atoms with Crippen LogP contribution in [0.4, 0.5) is 0 Å². The summed E-state index contributed by atoms with van der Waals surface area (Å²) in [4.78, 5) is 6.17. The molecular formula is C12H16ClN3O. The predicted octanol–water partition coefficient (Wildman–Crippen LogP) is 2.10. The molecule has 1 rings (SSSR count). The minimum atomic E-state index is 0.502. The molecule has 0 fully saturated rings. The van der Waals surface area contributed by atoms with Gasteiger partial charge in [0, 0.05) is 44.9 Å². The minimum Gasteiger partial charge on any atom is -0.383 e. The fourth-order valence-electron chi connectivity index (χ4n) is 1.48. The molecule has 0 atom stereocenters. The Balaban J connectivity index is 2.58. The first kappa shape index (κ1) is 13.9. The van der Waals surface area contributed by atoms with Crippen LogP contribution in [0.25, 0.3) is 0 Å². The van der Waals surface area contributed by atoms with E-state index in [2.05, 4.69) is 16.0 Å². The van der Waals surface area contributed by atoms with Crippen LogP contribution in [0.3, 0.4) is 0 Å². The van der Waals surface area contributed by atoms with E-state index in [-0.39, 0.29) is 0 Å². The lowest BCUT2D eigenvalue weighted by Crippen LogP contribution is -2.28. The van der Waals surface area contributed by atoms with Crippen molar-refractivity contribution in [2.24, 2.45) is 0 Å². The molecule has 0 radical (unpaired) electrons. The molecule has 0 aliphatic heterocycles. The molecule has 0 aliphatic carbocycles. The smallest absolute Gasteiger partial charge is 0.133 e. The largest absolute Gasteiger partial charge is 0.383 e. The van der Waals surface area contributed by atoms with Crippen molar-refractivity contribution in [1.29, 1.82) is 5.26 Å². The first-order valence-corrected chi connectivity index (χ1v) is 5.83. The highest BCUT2D eigenvalue weighted by Gasteiger charge is 2.08. The van der Waals surface area contributed by atoms with Gasteiger partial charge in [0.25, 0.3) is 0 Å². The van der Waals surface area contributed by atoms with Gasteiger partial charge in [0.15, 0.2) is 0 Å². The Morgan fingerprint density at radius 1 is 1.53 bits per heavy atom. The Morgan fingerprint density at radius 3 is 3.00 bits per heavy atom. The molecule has 0 N–H and O–H groups in total. The van der Waals surface area contributed by atoms with Gasteiger partial charge >= 0.3 is 0 Å². The van der Waals surface area contributed by atoms with Gasteiger partial charge in [0.1, 0.15) is 5.15 Å². The molecule has 1 aromatic heterocycles. The molecule has 0 saturated carbocycles. The number of halogens is 1. The number of hydrogen-bond donors (Lipinski definition) is 0. The Bertz CT molecular complexity index is 378. The Hall–Kier alpha value is -1.15. The van der Waals surface area contributed by atoms with Crippen LogP contribution in [-0.2, 0) is 11.3 Å². The van der Waals surface area contributed by atoms with Crippen LogP contribution in [0.1, 0.15) is 12.0 Å². The second kappa shape index (κ2) is 8.02. The van der Waals surface area contributed by atoms with Crippen LogP contribution in [0, 0.1) is 11.3 Å². The summed E-state index contributed by atoms with van der Waals surface area (Å²) in [5.74, 6) is 0. The van der Waals surface area contributed by atoms with Crippen LogP contribution in [0.2, 0.25) is 5.15 Å². The molecule has 92 valence electrons. The summed E-state index contributed by atoms with van der Waals surface area (Å²) in [6.07, 6.45) is 2.17. The van der Waals surface area contributed by atoms with Gasteiger partial charge in [-0.15, -0.1) is 0 Å². The van der Waals surface area contributed by atoms with E-state index in [1.807, 2.05) is 12.1 Å². The third-order valence-corrected chi connectivity index (χ3v) is 2.72. The zero-order valence-corrected chi connectivity index (χ0v) is 10.7. The SMILES string of the molecule is COCCN(CCC#N)Cc1cccnc1Cl. The van der Waals surface area contributed by atoms with Crippen molar-refractivity contribution < 1.29 is 4.74 Å². The maximum absolute atomic E-state index is 8.61. The number of nitriles is 1. The molecule has 0 bridgehead atoms. The molecule has 0 amide bonds. The Labute approximate surface area is 107 Å². The van der Waals surface area contributed by atoms with Crippen molar-refractivity contribution in [1.82, 2.24) is 9.88 Å². The van der Waals surface area contributed by atoms with Gasteiger partial charge in [-0.1, -0.05) is 17.7 Å². The molecule has 0 saturated heterocycles. The highest BCUT2D eigenvalue weighted by molar-refractivity contribution is 6.30. The van der Waals surface area contributed by atoms with Crippen molar-refractivity contribution in [3.05, 3.63) is 29.0 Å². The average Bonchev–Trinajstić information content (AvgIpc) is 2.35. The summed E-state index contributed by atoms with van der Waals surface area (Å²) >= 11 is 6.00. The van der Waals surface area contributed by atoms with Gasteiger partial charge in [-0.3, -0.25) is 4.90 Å². The molecule has 0 spiro atoms. The van der Waals surface area contributed by atoms with Gasteiger partial charge in [0.05, 0.1) is 12.7 Å². The molecule has 17 heavy (non-hydrogen) atoms. The fraction of sp³-hybridized carbons (Fsp3) is 0.500. The van der Waals surface area contributed by atoms with Crippen LogP contribution >= 0.6 is 11.6 Å². The van der Waals surface area contributed by atoms with Crippen LogP contribution < -0.4 is 0 Å². The van der Waals surface area contributed by atoms with Crippen molar-refractivity contribution in [2.45, 2.75) is 13.0 Å². The summed E-state index contributed by atoms with van der Waals surface area (Å²) in [5, 5.41) is 9.14. The van der Waals surface area contributed by atoms with E-state index in [0.29, 0.717) is 31.3 Å². The molecule has 5 heteroatoms. The van der Waals surface area contributed by atoms with Crippen LogP contribution in [-0.4, -0.2) is 36.7 Å². The van der Waals surface area contributed by atoms with Gasteiger partial charge < -0.3 is 4.74 Å². The number of rotatable bonds is 7. The van der Waals surface area contributed by atoms with Crippen molar-refractivity contribution in [3.8, 4) is 6.07 Å². The van der Waals surface area contributed by atoms with Crippen LogP contribution in [0.5, 0.6) is 0 Å². The van der Waals surface area contributed by atoms with E-state index < -0.39 is 0 Å². The second-order valence-electron chi connectivity index (χ2n) is 3.63. The summed E-state index contributed by atoms with van der Waals surface area (Å²) in [6, 6.07) is 5.95. The zero-order chi connectivity index (χ0) is 12.5.